The molecule has 1 aliphatic carbocycles. The number of carbonyl (C=O) groups excluding carboxylic acids is 1. The molecule has 0 heterocycles. The Hall–Kier alpha value is -1.86. The summed E-state index contributed by atoms with van der Waals surface area (Å²) in [5, 5.41) is 13.8. The smallest absolute Gasteiger partial charge is 0.295 e. The topological polar surface area (TPSA) is 110 Å². The summed E-state index contributed by atoms with van der Waals surface area (Å²) in [4.78, 5) is 22.4. The summed E-state index contributed by atoms with van der Waals surface area (Å²) in [6.45, 7) is 4.81. The summed E-state index contributed by atoms with van der Waals surface area (Å²) >= 11 is 5.92. The third-order valence-electron chi connectivity index (χ3n) is 3.90. The minimum Gasteiger partial charge on any atom is -0.352 e. The van der Waals surface area contributed by atoms with Gasteiger partial charge in [0.15, 0.2) is 0 Å². The van der Waals surface area contributed by atoms with Crippen LogP contribution >= 0.6 is 11.6 Å². The van der Waals surface area contributed by atoms with Crippen LogP contribution in [-0.2, 0) is 0 Å². The SMILES string of the molecule is CC1(C)CC1CNC(=O)c1cc(Cl)c(NN)c([N+](=O)[O-])c1. The minimum atomic E-state index is -0.637. The summed E-state index contributed by atoms with van der Waals surface area (Å²) in [6.07, 6.45) is 1.06. The van der Waals surface area contributed by atoms with Gasteiger partial charge in [0.05, 0.1) is 9.95 Å². The van der Waals surface area contributed by atoms with E-state index in [1.54, 1.807) is 0 Å². The van der Waals surface area contributed by atoms with E-state index < -0.39 is 4.92 Å². The zero-order chi connectivity index (χ0) is 15.8. The minimum absolute atomic E-state index is 0.0125. The highest BCUT2D eigenvalue weighted by Crippen LogP contribution is 2.51. The van der Waals surface area contributed by atoms with Crippen molar-refractivity contribution in [2.24, 2.45) is 17.2 Å². The Morgan fingerprint density at radius 3 is 2.67 bits per heavy atom. The maximum atomic E-state index is 12.1. The van der Waals surface area contributed by atoms with Gasteiger partial charge < -0.3 is 10.7 Å². The third-order valence-corrected chi connectivity index (χ3v) is 4.20. The number of nitrogens with two attached hydrogens (primary N) is 1. The van der Waals surface area contributed by atoms with Gasteiger partial charge in [-0.2, -0.15) is 0 Å². The van der Waals surface area contributed by atoms with Crippen LogP contribution in [0.4, 0.5) is 11.4 Å². The molecule has 1 aromatic carbocycles. The number of nitro groups is 1. The fourth-order valence-corrected chi connectivity index (χ4v) is 2.52. The van der Waals surface area contributed by atoms with Gasteiger partial charge in [-0.3, -0.25) is 20.8 Å². The predicted octanol–water partition coefficient (Wildman–Crippen LogP) is 2.31. The van der Waals surface area contributed by atoms with Crippen LogP contribution in [-0.4, -0.2) is 17.4 Å². The predicted molar refractivity (Wildman–Crippen MR) is 80.1 cm³/mol. The molecule has 8 heteroatoms. The van der Waals surface area contributed by atoms with Crippen molar-refractivity contribution in [2.75, 3.05) is 12.0 Å². The maximum Gasteiger partial charge on any atom is 0.295 e. The lowest BCUT2D eigenvalue weighted by Crippen LogP contribution is -2.26. The van der Waals surface area contributed by atoms with E-state index in [2.05, 4.69) is 24.6 Å². The van der Waals surface area contributed by atoms with Gasteiger partial charge in [-0.25, -0.2) is 0 Å². The van der Waals surface area contributed by atoms with E-state index >= 15 is 0 Å². The molecule has 0 spiro atoms. The Labute approximate surface area is 127 Å². The molecule has 1 unspecified atom stereocenters. The van der Waals surface area contributed by atoms with Gasteiger partial charge in [0.25, 0.3) is 11.6 Å². The molecule has 1 atom stereocenters. The number of nitrogens with zero attached hydrogens (tertiary/aromatic N) is 1. The molecule has 2 rings (SSSR count). The second-order valence-electron chi connectivity index (χ2n) is 5.85. The molecule has 0 aliphatic heterocycles. The van der Waals surface area contributed by atoms with Crippen LogP contribution in [0.1, 0.15) is 30.6 Å². The van der Waals surface area contributed by atoms with Gasteiger partial charge in [-0.15, -0.1) is 0 Å². The molecule has 21 heavy (non-hydrogen) atoms. The number of benzene rings is 1. The zero-order valence-electron chi connectivity index (χ0n) is 11.8. The van der Waals surface area contributed by atoms with Crippen LogP contribution < -0.4 is 16.6 Å². The summed E-state index contributed by atoms with van der Waals surface area (Å²) in [5.41, 5.74) is 2.23. The lowest BCUT2D eigenvalue weighted by atomic mass is 10.1. The summed E-state index contributed by atoms with van der Waals surface area (Å²) in [7, 11) is 0. The number of nitrogens with one attached hydrogen (secondary N) is 2. The summed E-state index contributed by atoms with van der Waals surface area (Å²) in [5.74, 6) is 5.27. The van der Waals surface area contributed by atoms with Crippen molar-refractivity contribution >= 4 is 28.9 Å². The standard InChI is InChI=1S/C13H17ClN4O3/c1-13(2)5-8(13)6-16-12(19)7-3-9(14)11(17-15)10(4-7)18(20)21/h3-4,8,17H,5-6,15H2,1-2H3,(H,16,19). The van der Waals surface area contributed by atoms with E-state index in [0.29, 0.717) is 12.5 Å². The number of anilines is 1. The number of hydrogen-bond acceptors (Lipinski definition) is 5. The molecule has 0 aromatic heterocycles. The van der Waals surface area contributed by atoms with E-state index in [1.807, 2.05) is 0 Å². The lowest BCUT2D eigenvalue weighted by molar-refractivity contribution is -0.384. The molecule has 114 valence electrons. The maximum absolute atomic E-state index is 12.1. The Morgan fingerprint density at radius 2 is 2.19 bits per heavy atom. The van der Waals surface area contributed by atoms with Crippen LogP contribution in [0, 0.1) is 21.4 Å². The van der Waals surface area contributed by atoms with Crippen molar-refractivity contribution in [3.8, 4) is 0 Å². The van der Waals surface area contributed by atoms with E-state index in [1.165, 1.54) is 6.07 Å². The Kier molecular flexibility index (Phi) is 4.06. The Morgan fingerprint density at radius 1 is 1.57 bits per heavy atom. The van der Waals surface area contributed by atoms with Crippen molar-refractivity contribution in [3.63, 3.8) is 0 Å². The van der Waals surface area contributed by atoms with Crippen LogP contribution in [0.2, 0.25) is 5.02 Å². The zero-order valence-corrected chi connectivity index (χ0v) is 12.5. The van der Waals surface area contributed by atoms with Crippen molar-refractivity contribution in [1.29, 1.82) is 0 Å². The Balaban J connectivity index is 2.16. The molecule has 7 nitrogen and oxygen atoms in total. The largest absolute Gasteiger partial charge is 0.352 e. The van der Waals surface area contributed by atoms with Crippen molar-refractivity contribution in [2.45, 2.75) is 20.3 Å². The number of nitrogen functional groups attached to an aromatic ring is 1. The van der Waals surface area contributed by atoms with Gasteiger partial charge >= 0.3 is 0 Å². The molecule has 1 amide bonds. The van der Waals surface area contributed by atoms with Crippen LogP contribution in [0.5, 0.6) is 0 Å². The first-order valence-electron chi connectivity index (χ1n) is 6.49. The van der Waals surface area contributed by atoms with Gasteiger partial charge in [0.1, 0.15) is 5.69 Å². The quantitative estimate of drug-likeness (QED) is 0.439. The average molecular weight is 313 g/mol. The number of hydrogen-bond donors (Lipinski definition) is 3. The lowest BCUT2D eigenvalue weighted by Gasteiger charge is -2.09. The van der Waals surface area contributed by atoms with E-state index in [-0.39, 0.29) is 33.3 Å². The highest BCUT2D eigenvalue weighted by Gasteiger charge is 2.45. The average Bonchev–Trinajstić information content (AvgIpc) is 3.02. The number of hydrazine groups is 1. The molecule has 0 saturated heterocycles. The molecule has 1 aliphatic rings. The van der Waals surface area contributed by atoms with Gasteiger partial charge in [-0.1, -0.05) is 25.4 Å². The summed E-state index contributed by atoms with van der Waals surface area (Å²) < 4.78 is 0. The van der Waals surface area contributed by atoms with Gasteiger partial charge in [0.2, 0.25) is 0 Å². The summed E-state index contributed by atoms with van der Waals surface area (Å²) in [6, 6.07) is 2.52. The number of carbonyl (C=O) groups is 1. The number of halogens is 1. The van der Waals surface area contributed by atoms with E-state index in [9.17, 15) is 14.9 Å². The van der Waals surface area contributed by atoms with Crippen molar-refractivity contribution in [3.05, 3.63) is 32.8 Å². The third kappa shape index (κ3) is 3.25. The second-order valence-corrected chi connectivity index (χ2v) is 6.26. The van der Waals surface area contributed by atoms with Crippen LogP contribution in [0.3, 0.4) is 0 Å². The first-order valence-corrected chi connectivity index (χ1v) is 6.87. The first kappa shape index (κ1) is 15.5. The molecule has 1 fully saturated rings. The van der Waals surface area contributed by atoms with Crippen LogP contribution in [0.15, 0.2) is 12.1 Å². The van der Waals surface area contributed by atoms with Gasteiger partial charge in [0, 0.05) is 18.2 Å². The molecule has 1 aromatic rings. The molecule has 0 bridgehead atoms. The second kappa shape index (κ2) is 5.50. The fourth-order valence-electron chi connectivity index (χ4n) is 2.25. The monoisotopic (exact) mass is 312 g/mol. The molecule has 0 radical (unpaired) electrons. The van der Waals surface area contributed by atoms with E-state index in [0.717, 1.165) is 12.5 Å². The number of amides is 1. The Bertz CT molecular complexity index is 603. The number of rotatable bonds is 5. The highest BCUT2D eigenvalue weighted by atomic mass is 35.5. The number of nitro benzene ring substituents is 1. The van der Waals surface area contributed by atoms with Gasteiger partial charge in [-0.05, 0) is 23.8 Å². The fraction of sp³-hybridized carbons (Fsp3) is 0.462. The first-order chi connectivity index (χ1) is 9.76. The highest BCUT2D eigenvalue weighted by molar-refractivity contribution is 6.34. The molecular formula is C13H17ClN4O3. The van der Waals surface area contributed by atoms with Crippen molar-refractivity contribution < 1.29 is 9.72 Å². The molecule has 4 N–H and O–H groups in total. The van der Waals surface area contributed by atoms with Crippen LogP contribution in [0.25, 0.3) is 0 Å². The van der Waals surface area contributed by atoms with Crippen molar-refractivity contribution in [1.82, 2.24) is 5.32 Å². The van der Waals surface area contributed by atoms with E-state index in [4.69, 9.17) is 17.4 Å². The molecular weight excluding hydrogens is 296 g/mol. The normalized spacial score (nSPS) is 19.0. The molecule has 1 saturated carbocycles.